The van der Waals surface area contributed by atoms with Crippen LogP contribution >= 0.6 is 0 Å². The van der Waals surface area contributed by atoms with Gasteiger partial charge >= 0.3 is 0 Å². The smallest absolute Gasteiger partial charge is 0.251 e. The highest BCUT2D eigenvalue weighted by molar-refractivity contribution is 5.94. The Hall–Kier alpha value is -1.42. The predicted octanol–water partition coefficient (Wildman–Crippen LogP) is 1.90. The summed E-state index contributed by atoms with van der Waals surface area (Å²) in [6.07, 6.45) is 0. The first kappa shape index (κ1) is 13.6. The van der Waals surface area contributed by atoms with Gasteiger partial charge in [0.1, 0.15) is 5.82 Å². The summed E-state index contributed by atoms with van der Waals surface area (Å²) < 4.78 is 12.7. The van der Waals surface area contributed by atoms with Crippen LogP contribution in [0, 0.1) is 5.82 Å². The number of carbonyl (C=O) groups is 1. The van der Waals surface area contributed by atoms with Crippen LogP contribution in [0.25, 0.3) is 0 Å². The molecule has 1 aromatic rings. The Bertz CT molecular complexity index is 385. The average Bonchev–Trinajstić information content (AvgIpc) is 2.27. The highest BCUT2D eigenvalue weighted by atomic mass is 19.1. The standard InChI is InChI=1S/C13H19FN2O/c1-13(2,16(3)4)9-15-12(17)10-5-7-11(14)8-6-10/h5-8H,9H2,1-4H3,(H,15,17). The maximum absolute atomic E-state index is 12.7. The van der Waals surface area contributed by atoms with E-state index in [1.807, 2.05) is 32.8 Å². The lowest BCUT2D eigenvalue weighted by molar-refractivity contribution is 0.0919. The first-order valence-electron chi connectivity index (χ1n) is 5.54. The fourth-order valence-corrected chi connectivity index (χ4v) is 1.16. The van der Waals surface area contributed by atoms with E-state index in [9.17, 15) is 9.18 Å². The molecule has 0 atom stereocenters. The third kappa shape index (κ3) is 3.82. The summed E-state index contributed by atoms with van der Waals surface area (Å²) in [4.78, 5) is 13.8. The van der Waals surface area contributed by atoms with Crippen molar-refractivity contribution >= 4 is 5.91 Å². The fourth-order valence-electron chi connectivity index (χ4n) is 1.16. The van der Waals surface area contributed by atoms with Crippen molar-refractivity contribution in [1.82, 2.24) is 10.2 Å². The van der Waals surface area contributed by atoms with E-state index in [1.54, 1.807) is 0 Å². The monoisotopic (exact) mass is 238 g/mol. The molecule has 1 N–H and O–H groups in total. The van der Waals surface area contributed by atoms with Gasteiger partial charge in [-0.25, -0.2) is 4.39 Å². The van der Waals surface area contributed by atoms with Crippen molar-refractivity contribution in [2.24, 2.45) is 0 Å². The molecular weight excluding hydrogens is 219 g/mol. The molecule has 17 heavy (non-hydrogen) atoms. The summed E-state index contributed by atoms with van der Waals surface area (Å²) in [6, 6.07) is 5.53. The summed E-state index contributed by atoms with van der Waals surface area (Å²) in [6.45, 7) is 4.62. The molecule has 0 saturated heterocycles. The number of likely N-dealkylation sites (N-methyl/N-ethyl adjacent to an activating group) is 1. The topological polar surface area (TPSA) is 32.3 Å². The molecule has 0 aliphatic carbocycles. The minimum Gasteiger partial charge on any atom is -0.350 e. The minimum atomic E-state index is -0.338. The van der Waals surface area contributed by atoms with Gasteiger partial charge in [0.2, 0.25) is 0 Å². The number of nitrogens with one attached hydrogen (secondary N) is 1. The Morgan fingerprint density at radius 3 is 2.29 bits per heavy atom. The number of nitrogens with zero attached hydrogens (tertiary/aromatic N) is 1. The molecule has 0 fully saturated rings. The second kappa shape index (κ2) is 5.27. The van der Waals surface area contributed by atoms with E-state index in [1.165, 1.54) is 24.3 Å². The lowest BCUT2D eigenvalue weighted by atomic mass is 10.0. The number of rotatable bonds is 4. The molecule has 3 nitrogen and oxygen atoms in total. The van der Waals surface area contributed by atoms with Gasteiger partial charge in [-0.2, -0.15) is 0 Å². The number of hydrogen-bond donors (Lipinski definition) is 1. The molecule has 0 aromatic heterocycles. The number of halogens is 1. The molecular formula is C13H19FN2O. The molecule has 0 aliphatic heterocycles. The SMILES string of the molecule is CN(C)C(C)(C)CNC(=O)c1ccc(F)cc1. The van der Waals surface area contributed by atoms with Crippen LogP contribution in [0.5, 0.6) is 0 Å². The van der Waals surface area contributed by atoms with Crippen molar-refractivity contribution in [1.29, 1.82) is 0 Å². The highest BCUT2D eigenvalue weighted by Crippen LogP contribution is 2.09. The molecule has 1 amide bonds. The van der Waals surface area contributed by atoms with Crippen molar-refractivity contribution in [3.05, 3.63) is 35.6 Å². The van der Waals surface area contributed by atoms with Crippen LogP contribution in [0.1, 0.15) is 24.2 Å². The number of amides is 1. The highest BCUT2D eigenvalue weighted by Gasteiger charge is 2.21. The Labute approximate surface area is 102 Å². The van der Waals surface area contributed by atoms with Crippen molar-refractivity contribution in [3.8, 4) is 0 Å². The van der Waals surface area contributed by atoms with Crippen LogP contribution < -0.4 is 5.32 Å². The molecule has 0 bridgehead atoms. The zero-order valence-corrected chi connectivity index (χ0v) is 10.7. The van der Waals surface area contributed by atoms with Crippen molar-refractivity contribution in [2.75, 3.05) is 20.6 Å². The lowest BCUT2D eigenvalue weighted by Gasteiger charge is -2.32. The molecule has 1 aromatic carbocycles. The summed E-state index contributed by atoms with van der Waals surface area (Å²) >= 11 is 0. The van der Waals surface area contributed by atoms with Crippen LogP contribution in [0.15, 0.2) is 24.3 Å². The maximum atomic E-state index is 12.7. The van der Waals surface area contributed by atoms with Gasteiger partial charge in [0.05, 0.1) is 0 Å². The molecule has 0 radical (unpaired) electrons. The van der Waals surface area contributed by atoms with Gasteiger partial charge < -0.3 is 10.2 Å². The molecule has 0 spiro atoms. The van der Waals surface area contributed by atoms with E-state index < -0.39 is 0 Å². The average molecular weight is 238 g/mol. The Balaban J connectivity index is 2.59. The van der Waals surface area contributed by atoms with E-state index >= 15 is 0 Å². The first-order valence-corrected chi connectivity index (χ1v) is 5.54. The summed E-state index contributed by atoms with van der Waals surface area (Å²) in [5, 5.41) is 2.84. The lowest BCUT2D eigenvalue weighted by Crippen LogP contribution is -2.48. The molecule has 0 aliphatic rings. The van der Waals surface area contributed by atoms with Gasteiger partial charge in [0.25, 0.3) is 5.91 Å². The molecule has 1 rings (SSSR count). The normalized spacial score (nSPS) is 11.6. The van der Waals surface area contributed by atoms with E-state index in [-0.39, 0.29) is 17.3 Å². The van der Waals surface area contributed by atoms with Gasteiger partial charge in [-0.3, -0.25) is 4.79 Å². The molecule has 4 heteroatoms. The zero-order chi connectivity index (χ0) is 13.1. The molecule has 0 saturated carbocycles. The van der Waals surface area contributed by atoms with Crippen LogP contribution in [0.2, 0.25) is 0 Å². The maximum Gasteiger partial charge on any atom is 0.251 e. The number of carbonyl (C=O) groups excluding carboxylic acids is 1. The molecule has 94 valence electrons. The van der Waals surface area contributed by atoms with Crippen molar-refractivity contribution < 1.29 is 9.18 Å². The summed E-state index contributed by atoms with van der Waals surface area (Å²) in [5.41, 5.74) is 0.358. The number of benzene rings is 1. The van der Waals surface area contributed by atoms with Crippen LogP contribution in [0.4, 0.5) is 4.39 Å². The van der Waals surface area contributed by atoms with E-state index in [2.05, 4.69) is 5.32 Å². The third-order valence-electron chi connectivity index (χ3n) is 3.00. The van der Waals surface area contributed by atoms with Crippen LogP contribution in [-0.2, 0) is 0 Å². The fraction of sp³-hybridized carbons (Fsp3) is 0.462. The van der Waals surface area contributed by atoms with Crippen molar-refractivity contribution in [3.63, 3.8) is 0 Å². The van der Waals surface area contributed by atoms with Crippen LogP contribution in [-0.4, -0.2) is 37.0 Å². The van der Waals surface area contributed by atoms with Gasteiger partial charge in [0.15, 0.2) is 0 Å². The first-order chi connectivity index (χ1) is 7.83. The second-order valence-corrected chi connectivity index (χ2v) is 4.90. The predicted molar refractivity (Wildman–Crippen MR) is 66.5 cm³/mol. The molecule has 0 heterocycles. The van der Waals surface area contributed by atoms with Gasteiger partial charge in [-0.15, -0.1) is 0 Å². The minimum absolute atomic E-state index is 0.115. The number of hydrogen-bond acceptors (Lipinski definition) is 2. The quantitative estimate of drug-likeness (QED) is 0.869. The largest absolute Gasteiger partial charge is 0.350 e. The zero-order valence-electron chi connectivity index (χ0n) is 10.7. The van der Waals surface area contributed by atoms with Crippen LogP contribution in [0.3, 0.4) is 0 Å². The third-order valence-corrected chi connectivity index (χ3v) is 3.00. The van der Waals surface area contributed by atoms with Crippen molar-refractivity contribution in [2.45, 2.75) is 19.4 Å². The Kier molecular flexibility index (Phi) is 4.23. The van der Waals surface area contributed by atoms with Gasteiger partial charge in [-0.1, -0.05) is 0 Å². The Morgan fingerprint density at radius 1 is 1.29 bits per heavy atom. The Morgan fingerprint density at radius 2 is 1.82 bits per heavy atom. The molecule has 0 unspecified atom stereocenters. The summed E-state index contributed by atoms with van der Waals surface area (Å²) in [5.74, 6) is -0.518. The van der Waals surface area contributed by atoms with E-state index in [0.717, 1.165) is 0 Å². The van der Waals surface area contributed by atoms with E-state index in [0.29, 0.717) is 12.1 Å². The van der Waals surface area contributed by atoms with Gasteiger partial charge in [0, 0.05) is 17.6 Å². The van der Waals surface area contributed by atoms with Gasteiger partial charge in [-0.05, 0) is 52.2 Å². The second-order valence-electron chi connectivity index (χ2n) is 4.90. The van der Waals surface area contributed by atoms with E-state index in [4.69, 9.17) is 0 Å². The summed E-state index contributed by atoms with van der Waals surface area (Å²) in [7, 11) is 3.92.